The predicted octanol–water partition coefficient (Wildman–Crippen LogP) is 8.43. The molecule has 0 amide bonds. The number of hydrogen-bond acceptors (Lipinski definition) is 4. The molecule has 40 heavy (non-hydrogen) atoms. The van der Waals surface area contributed by atoms with Gasteiger partial charge in [-0.1, -0.05) is 64.1 Å². The number of hydrogen-bond donors (Lipinski definition) is 0. The first-order valence-electron chi connectivity index (χ1n) is 16.3. The van der Waals surface area contributed by atoms with Crippen LogP contribution in [0.1, 0.15) is 79.1 Å². The number of ether oxygens (including phenoxy) is 2. The lowest BCUT2D eigenvalue weighted by Crippen LogP contribution is -2.39. The molecule has 0 unspecified atom stereocenters. The van der Waals surface area contributed by atoms with Crippen LogP contribution in [0.15, 0.2) is 60.7 Å². The Bertz CT molecular complexity index is 783. The van der Waals surface area contributed by atoms with Crippen LogP contribution in [0.5, 0.6) is 11.5 Å². The summed E-state index contributed by atoms with van der Waals surface area (Å²) in [6.07, 6.45) is 10.3. The van der Waals surface area contributed by atoms with E-state index in [1.807, 2.05) is 60.7 Å². The van der Waals surface area contributed by atoms with E-state index in [9.17, 15) is 0 Å². The highest BCUT2D eigenvalue weighted by atomic mass is 16.5. The molecule has 4 rings (SSSR count). The number of benzene rings is 2. The van der Waals surface area contributed by atoms with Crippen LogP contribution in [-0.4, -0.2) is 62.3 Å². The van der Waals surface area contributed by atoms with Crippen molar-refractivity contribution in [1.82, 2.24) is 9.80 Å². The lowest BCUT2D eigenvalue weighted by atomic mass is 9.92. The number of rotatable bonds is 14. The van der Waals surface area contributed by atoms with Gasteiger partial charge in [0.1, 0.15) is 11.5 Å². The Morgan fingerprint density at radius 1 is 0.500 bits per heavy atom. The minimum Gasteiger partial charge on any atom is -0.494 e. The second-order valence-corrected chi connectivity index (χ2v) is 12.9. The molecule has 224 valence electrons. The van der Waals surface area contributed by atoms with Crippen LogP contribution in [0.25, 0.3) is 0 Å². The van der Waals surface area contributed by atoms with Crippen LogP contribution in [0.2, 0.25) is 0 Å². The van der Waals surface area contributed by atoms with Crippen LogP contribution in [0.4, 0.5) is 0 Å². The zero-order valence-corrected chi connectivity index (χ0v) is 26.1. The highest BCUT2D eigenvalue weighted by molar-refractivity contribution is 5.21. The zero-order chi connectivity index (χ0) is 28.4. The quantitative estimate of drug-likeness (QED) is 0.220. The maximum atomic E-state index is 5.72. The summed E-state index contributed by atoms with van der Waals surface area (Å²) in [5.74, 6) is 5.48. The Hall–Kier alpha value is -2.04. The van der Waals surface area contributed by atoms with E-state index in [1.54, 1.807) is 0 Å². The molecular weight excluding hydrogens is 492 g/mol. The summed E-state index contributed by atoms with van der Waals surface area (Å²) in [4.78, 5) is 5.30. The molecule has 2 fully saturated rings. The van der Waals surface area contributed by atoms with Gasteiger partial charge in [-0.25, -0.2) is 0 Å². The minimum atomic E-state index is 0.844. The van der Waals surface area contributed by atoms with Crippen molar-refractivity contribution in [3.63, 3.8) is 0 Å². The van der Waals surface area contributed by atoms with Crippen LogP contribution < -0.4 is 9.47 Å². The number of likely N-dealkylation sites (tertiary alicyclic amines) is 2. The summed E-state index contributed by atoms with van der Waals surface area (Å²) >= 11 is 0. The number of unbranched alkanes of at least 4 members (excludes halogenated alkanes) is 4. The van der Waals surface area contributed by atoms with E-state index in [0.29, 0.717) is 0 Å². The topological polar surface area (TPSA) is 24.9 Å². The lowest BCUT2D eigenvalue weighted by Gasteiger charge is -2.34. The van der Waals surface area contributed by atoms with E-state index < -0.39 is 0 Å². The molecule has 0 aromatic heterocycles. The minimum absolute atomic E-state index is 0.844. The van der Waals surface area contributed by atoms with Gasteiger partial charge in [-0.05, 0) is 112 Å². The molecular formula is C36H58N2O2. The van der Waals surface area contributed by atoms with Gasteiger partial charge in [0.25, 0.3) is 0 Å². The Balaban J connectivity index is 0.000000220. The first-order valence-corrected chi connectivity index (χ1v) is 16.3. The van der Waals surface area contributed by atoms with Crippen LogP contribution in [0.3, 0.4) is 0 Å². The van der Waals surface area contributed by atoms with Gasteiger partial charge in [0.05, 0.1) is 13.2 Å². The highest BCUT2D eigenvalue weighted by Gasteiger charge is 2.21. The Morgan fingerprint density at radius 3 is 1.20 bits per heavy atom. The van der Waals surface area contributed by atoms with Crippen molar-refractivity contribution >= 4 is 0 Å². The van der Waals surface area contributed by atoms with Crippen LogP contribution in [-0.2, 0) is 0 Å². The van der Waals surface area contributed by atoms with E-state index in [0.717, 1.165) is 61.2 Å². The summed E-state index contributed by atoms with van der Waals surface area (Å²) in [6.45, 7) is 18.9. The molecule has 0 bridgehead atoms. The molecule has 0 N–H and O–H groups in total. The number of nitrogens with zero attached hydrogens (tertiary/aromatic N) is 2. The van der Waals surface area contributed by atoms with Gasteiger partial charge < -0.3 is 19.3 Å². The Labute approximate surface area is 246 Å². The average Bonchev–Trinajstić information content (AvgIpc) is 2.93. The SMILES string of the molecule is C[C@@H]1C[C@H](C)CN(CCCCCOc2ccccc2)C1.C[C@H]1C[C@H](C)CN(CCCCCOc2ccccc2)C1. The molecule has 2 aromatic carbocycles. The third-order valence-electron chi connectivity index (χ3n) is 8.15. The third kappa shape index (κ3) is 14.0. The largest absolute Gasteiger partial charge is 0.494 e. The normalized spacial score (nSPS) is 23.7. The first-order chi connectivity index (χ1) is 19.5. The highest BCUT2D eigenvalue weighted by Crippen LogP contribution is 2.22. The van der Waals surface area contributed by atoms with Gasteiger partial charge in [-0.15, -0.1) is 0 Å². The van der Waals surface area contributed by atoms with Crippen LogP contribution >= 0.6 is 0 Å². The molecule has 2 aliphatic heterocycles. The summed E-state index contributed by atoms with van der Waals surface area (Å²) in [5, 5.41) is 0. The lowest BCUT2D eigenvalue weighted by molar-refractivity contribution is 0.138. The third-order valence-corrected chi connectivity index (χ3v) is 8.15. The summed E-state index contributed by atoms with van der Waals surface area (Å²) in [6, 6.07) is 20.2. The summed E-state index contributed by atoms with van der Waals surface area (Å²) < 4.78 is 11.4. The molecule has 4 atom stereocenters. The van der Waals surface area contributed by atoms with Crippen molar-refractivity contribution in [1.29, 1.82) is 0 Å². The van der Waals surface area contributed by atoms with E-state index in [1.165, 1.54) is 77.8 Å². The fourth-order valence-electron chi connectivity index (χ4n) is 6.59. The van der Waals surface area contributed by atoms with E-state index >= 15 is 0 Å². The van der Waals surface area contributed by atoms with Gasteiger partial charge in [0.15, 0.2) is 0 Å². The smallest absolute Gasteiger partial charge is 0.119 e. The van der Waals surface area contributed by atoms with Gasteiger partial charge in [-0.2, -0.15) is 0 Å². The second-order valence-electron chi connectivity index (χ2n) is 12.9. The number of piperidine rings is 2. The van der Waals surface area contributed by atoms with Crippen molar-refractivity contribution in [2.45, 2.75) is 79.1 Å². The van der Waals surface area contributed by atoms with Crippen molar-refractivity contribution in [2.75, 3.05) is 52.5 Å². The molecule has 0 radical (unpaired) electrons. The Morgan fingerprint density at radius 2 is 0.850 bits per heavy atom. The first kappa shape index (κ1) is 32.5. The van der Waals surface area contributed by atoms with E-state index in [2.05, 4.69) is 37.5 Å². The molecule has 4 heteroatoms. The van der Waals surface area contributed by atoms with Crippen molar-refractivity contribution in [3.8, 4) is 11.5 Å². The maximum absolute atomic E-state index is 5.72. The number of para-hydroxylation sites is 2. The molecule has 2 heterocycles. The zero-order valence-electron chi connectivity index (χ0n) is 26.1. The van der Waals surface area contributed by atoms with E-state index in [-0.39, 0.29) is 0 Å². The maximum Gasteiger partial charge on any atom is 0.119 e. The average molecular weight is 551 g/mol. The van der Waals surface area contributed by atoms with Gasteiger partial charge in [-0.3, -0.25) is 0 Å². The predicted molar refractivity (Wildman–Crippen MR) is 170 cm³/mol. The summed E-state index contributed by atoms with van der Waals surface area (Å²) in [7, 11) is 0. The molecule has 2 aromatic rings. The standard InChI is InChI=1S/2C18H29NO/c2*1-16-13-17(2)15-19(14-16)11-7-4-8-12-20-18-9-5-3-6-10-18/h2*3,5-6,9-10,16-17H,4,7-8,11-15H2,1-2H3/t16-,17+;16-,17-/m.0/s1. The van der Waals surface area contributed by atoms with Gasteiger partial charge in [0.2, 0.25) is 0 Å². The van der Waals surface area contributed by atoms with Crippen molar-refractivity contribution in [2.24, 2.45) is 23.7 Å². The van der Waals surface area contributed by atoms with Crippen LogP contribution in [0, 0.1) is 23.7 Å². The molecule has 0 spiro atoms. The van der Waals surface area contributed by atoms with Crippen molar-refractivity contribution in [3.05, 3.63) is 60.7 Å². The molecule has 2 saturated heterocycles. The fraction of sp³-hybridized carbons (Fsp3) is 0.667. The van der Waals surface area contributed by atoms with Crippen molar-refractivity contribution < 1.29 is 9.47 Å². The second kappa shape index (κ2) is 19.1. The molecule has 0 saturated carbocycles. The fourth-order valence-corrected chi connectivity index (χ4v) is 6.59. The van der Waals surface area contributed by atoms with E-state index in [4.69, 9.17) is 9.47 Å². The Kier molecular flexibility index (Phi) is 15.5. The van der Waals surface area contributed by atoms with Gasteiger partial charge >= 0.3 is 0 Å². The molecule has 4 nitrogen and oxygen atoms in total. The summed E-state index contributed by atoms with van der Waals surface area (Å²) in [5.41, 5.74) is 0. The van der Waals surface area contributed by atoms with Gasteiger partial charge in [0, 0.05) is 26.2 Å². The molecule has 2 aliphatic rings. The molecule has 0 aliphatic carbocycles. The monoisotopic (exact) mass is 550 g/mol.